The lowest BCUT2D eigenvalue weighted by Gasteiger charge is -2.10. The second-order valence-electron chi connectivity index (χ2n) is 5.07. The number of nitrogens with one attached hydrogen (secondary N) is 1. The highest BCUT2D eigenvalue weighted by atomic mass is 32.1. The molecule has 0 unspecified atom stereocenters. The van der Waals surface area contributed by atoms with Gasteiger partial charge in [0.05, 0.1) is 12.5 Å². The Morgan fingerprint density at radius 3 is 2.71 bits per heavy atom. The maximum absolute atomic E-state index is 12.4. The summed E-state index contributed by atoms with van der Waals surface area (Å²) < 4.78 is 5.46. The van der Waals surface area contributed by atoms with Crippen molar-refractivity contribution in [3.05, 3.63) is 44.8 Å². The van der Waals surface area contributed by atoms with E-state index in [4.69, 9.17) is 4.74 Å². The molecule has 0 saturated heterocycles. The van der Waals surface area contributed by atoms with Crippen LogP contribution in [-0.2, 0) is 0 Å². The molecule has 1 aromatic carbocycles. The number of fused-ring (bicyclic) bond motifs is 1. The third-order valence-corrected chi connectivity index (χ3v) is 4.48. The molecule has 0 atom stereocenters. The molecule has 0 aliphatic carbocycles. The van der Waals surface area contributed by atoms with E-state index >= 15 is 0 Å². The first-order valence-corrected chi connectivity index (χ1v) is 7.48. The molecule has 21 heavy (non-hydrogen) atoms. The number of benzene rings is 1. The second-order valence-corrected chi connectivity index (χ2v) is 6.27. The number of thiophene rings is 1. The molecule has 0 radical (unpaired) electrons. The minimum absolute atomic E-state index is 0.0968. The van der Waals surface area contributed by atoms with Gasteiger partial charge in [-0.3, -0.25) is 4.79 Å². The number of aryl methyl sites for hydroxylation is 3. The Kier molecular flexibility index (Phi) is 3.29. The first kappa shape index (κ1) is 13.8. The molecule has 0 bridgehead atoms. The molecule has 5 heteroatoms. The number of methoxy groups -OCH3 is 1. The summed E-state index contributed by atoms with van der Waals surface area (Å²) in [6.07, 6.45) is 0. The molecule has 0 spiro atoms. The average molecular weight is 300 g/mol. The molecule has 3 aromatic rings. The van der Waals surface area contributed by atoms with E-state index in [-0.39, 0.29) is 5.56 Å². The Bertz CT molecular complexity index is 893. The summed E-state index contributed by atoms with van der Waals surface area (Å²) in [5.74, 6) is 1.40. The van der Waals surface area contributed by atoms with Crippen molar-refractivity contribution in [1.29, 1.82) is 0 Å². The van der Waals surface area contributed by atoms with Crippen LogP contribution in [0.3, 0.4) is 0 Å². The number of aromatic nitrogens is 2. The van der Waals surface area contributed by atoms with E-state index < -0.39 is 0 Å². The lowest BCUT2D eigenvalue weighted by atomic mass is 10.0. The Hall–Kier alpha value is -2.14. The number of nitrogens with zero attached hydrogens (tertiary/aromatic N) is 1. The first-order valence-electron chi connectivity index (χ1n) is 6.66. The van der Waals surface area contributed by atoms with Crippen molar-refractivity contribution in [3.63, 3.8) is 0 Å². The Labute approximate surface area is 126 Å². The van der Waals surface area contributed by atoms with Crippen molar-refractivity contribution in [1.82, 2.24) is 9.97 Å². The molecular formula is C16H16N2O2S. The number of hydrogen-bond donors (Lipinski definition) is 1. The predicted molar refractivity (Wildman–Crippen MR) is 86.4 cm³/mol. The number of hydrogen-bond acceptors (Lipinski definition) is 4. The zero-order valence-electron chi connectivity index (χ0n) is 12.4. The fourth-order valence-corrected chi connectivity index (χ4v) is 3.65. The minimum Gasteiger partial charge on any atom is -0.496 e. The van der Waals surface area contributed by atoms with Gasteiger partial charge < -0.3 is 9.72 Å². The monoisotopic (exact) mass is 300 g/mol. The van der Waals surface area contributed by atoms with E-state index in [1.54, 1.807) is 25.4 Å². The summed E-state index contributed by atoms with van der Waals surface area (Å²) in [7, 11) is 1.64. The van der Waals surface area contributed by atoms with Crippen molar-refractivity contribution < 1.29 is 4.74 Å². The van der Waals surface area contributed by atoms with Gasteiger partial charge in [0.2, 0.25) is 0 Å². The van der Waals surface area contributed by atoms with Gasteiger partial charge in [-0.25, -0.2) is 4.98 Å². The van der Waals surface area contributed by atoms with Crippen LogP contribution in [0.4, 0.5) is 0 Å². The van der Waals surface area contributed by atoms with Crippen LogP contribution in [0, 0.1) is 20.8 Å². The van der Waals surface area contributed by atoms with Crippen LogP contribution in [-0.4, -0.2) is 17.1 Å². The predicted octanol–water partition coefficient (Wildman–Crippen LogP) is 3.59. The molecule has 0 fully saturated rings. The quantitative estimate of drug-likeness (QED) is 0.787. The normalized spacial score (nSPS) is 11.0. The van der Waals surface area contributed by atoms with Crippen molar-refractivity contribution in [2.45, 2.75) is 20.8 Å². The van der Waals surface area contributed by atoms with E-state index in [1.165, 1.54) is 0 Å². The van der Waals surface area contributed by atoms with Gasteiger partial charge in [0, 0.05) is 16.0 Å². The van der Waals surface area contributed by atoms with Crippen LogP contribution in [0.5, 0.6) is 5.75 Å². The third kappa shape index (κ3) is 2.23. The van der Waals surface area contributed by atoms with Gasteiger partial charge in [0.15, 0.2) is 0 Å². The molecule has 2 heterocycles. The van der Waals surface area contributed by atoms with Crippen LogP contribution in [0.1, 0.15) is 16.3 Å². The van der Waals surface area contributed by atoms with Gasteiger partial charge in [-0.15, -0.1) is 11.3 Å². The molecule has 0 amide bonds. The Balaban J connectivity index is 2.43. The lowest BCUT2D eigenvalue weighted by Crippen LogP contribution is -2.09. The van der Waals surface area contributed by atoms with Crippen LogP contribution in [0.25, 0.3) is 21.3 Å². The SMILES string of the molecule is COc1ccc(C)cc1-c1c(C)sc2nc(C)[nH]c(=O)c12. The maximum Gasteiger partial charge on any atom is 0.260 e. The highest BCUT2D eigenvalue weighted by Gasteiger charge is 2.18. The van der Waals surface area contributed by atoms with Gasteiger partial charge in [0.25, 0.3) is 5.56 Å². The summed E-state index contributed by atoms with van der Waals surface area (Å²) >= 11 is 1.54. The molecule has 4 nitrogen and oxygen atoms in total. The third-order valence-electron chi connectivity index (χ3n) is 3.48. The highest BCUT2D eigenvalue weighted by molar-refractivity contribution is 7.19. The van der Waals surface area contributed by atoms with Gasteiger partial charge in [-0.2, -0.15) is 0 Å². The van der Waals surface area contributed by atoms with E-state index in [1.807, 2.05) is 32.0 Å². The maximum atomic E-state index is 12.4. The van der Waals surface area contributed by atoms with E-state index in [9.17, 15) is 4.79 Å². The molecule has 108 valence electrons. The fourth-order valence-electron chi connectivity index (χ4n) is 2.57. The number of ether oxygens (including phenoxy) is 1. The molecule has 3 rings (SSSR count). The number of rotatable bonds is 2. The smallest absolute Gasteiger partial charge is 0.260 e. The number of H-pyrrole nitrogens is 1. The van der Waals surface area contributed by atoms with Gasteiger partial charge in [0.1, 0.15) is 16.4 Å². The van der Waals surface area contributed by atoms with Crippen LogP contribution in [0.2, 0.25) is 0 Å². The zero-order valence-corrected chi connectivity index (χ0v) is 13.2. The van der Waals surface area contributed by atoms with Gasteiger partial charge in [-0.05, 0) is 32.9 Å². The van der Waals surface area contributed by atoms with Crippen LogP contribution >= 0.6 is 11.3 Å². The van der Waals surface area contributed by atoms with E-state index in [2.05, 4.69) is 9.97 Å². The molecule has 2 aromatic heterocycles. The summed E-state index contributed by atoms with van der Waals surface area (Å²) in [4.78, 5) is 21.4. The van der Waals surface area contributed by atoms with E-state index in [0.717, 1.165) is 32.1 Å². The van der Waals surface area contributed by atoms with Gasteiger partial charge in [-0.1, -0.05) is 11.6 Å². The zero-order chi connectivity index (χ0) is 15.1. The average Bonchev–Trinajstić information content (AvgIpc) is 2.74. The molecule has 0 aliphatic heterocycles. The van der Waals surface area contributed by atoms with Crippen LogP contribution < -0.4 is 10.3 Å². The summed E-state index contributed by atoms with van der Waals surface area (Å²) in [6, 6.07) is 5.98. The summed E-state index contributed by atoms with van der Waals surface area (Å²) in [5.41, 5.74) is 2.89. The lowest BCUT2D eigenvalue weighted by molar-refractivity contribution is 0.416. The Morgan fingerprint density at radius 1 is 1.24 bits per heavy atom. The molecular weight excluding hydrogens is 284 g/mol. The van der Waals surface area contributed by atoms with Crippen molar-refractivity contribution >= 4 is 21.6 Å². The van der Waals surface area contributed by atoms with Gasteiger partial charge >= 0.3 is 0 Å². The first-order chi connectivity index (χ1) is 10.0. The standard InChI is InChI=1S/C16H16N2O2S/c1-8-5-6-12(20-4)11(7-8)13-9(2)21-16-14(13)15(19)17-10(3)18-16/h5-7H,1-4H3,(H,17,18,19). The number of aromatic amines is 1. The van der Waals surface area contributed by atoms with Crippen LogP contribution in [0.15, 0.2) is 23.0 Å². The fraction of sp³-hybridized carbons (Fsp3) is 0.250. The molecule has 0 saturated carbocycles. The van der Waals surface area contributed by atoms with Crippen molar-refractivity contribution in [3.8, 4) is 16.9 Å². The topological polar surface area (TPSA) is 55.0 Å². The molecule has 1 N–H and O–H groups in total. The summed E-state index contributed by atoms with van der Waals surface area (Å²) in [5, 5.41) is 0.645. The highest BCUT2D eigenvalue weighted by Crippen LogP contribution is 2.40. The Morgan fingerprint density at radius 2 is 2.00 bits per heavy atom. The minimum atomic E-state index is -0.0968. The van der Waals surface area contributed by atoms with Crippen molar-refractivity contribution in [2.75, 3.05) is 7.11 Å². The summed E-state index contributed by atoms with van der Waals surface area (Å²) in [6.45, 7) is 5.83. The second kappa shape index (κ2) is 5.00. The largest absolute Gasteiger partial charge is 0.496 e. The molecule has 0 aliphatic rings. The van der Waals surface area contributed by atoms with Crippen molar-refractivity contribution in [2.24, 2.45) is 0 Å². The van der Waals surface area contributed by atoms with E-state index in [0.29, 0.717) is 11.2 Å².